The summed E-state index contributed by atoms with van der Waals surface area (Å²) in [5.74, 6) is 0.358. The van der Waals surface area contributed by atoms with E-state index in [1.54, 1.807) is 6.92 Å². The van der Waals surface area contributed by atoms with E-state index in [1.807, 2.05) is 27.7 Å². The normalized spacial score (nSPS) is 25.9. The molecule has 0 aromatic heterocycles. The summed E-state index contributed by atoms with van der Waals surface area (Å²) in [4.78, 5) is 131. The highest BCUT2D eigenvalue weighted by molar-refractivity contribution is 9.09. The molecule has 0 spiro atoms. The molecular weight excluding hydrogens is 1460 g/mol. The Kier molecular flexibility index (Phi) is 47.8. The Labute approximate surface area is 582 Å². The van der Waals surface area contributed by atoms with Crippen LogP contribution in [0.5, 0.6) is 0 Å². The Hall–Kier alpha value is -9.13. The summed E-state index contributed by atoms with van der Waals surface area (Å²) >= 11 is 8.25. The maximum absolute atomic E-state index is 11.6. The fourth-order valence-corrected chi connectivity index (χ4v) is 6.65. The molecule has 100 heavy (non-hydrogen) atoms. The van der Waals surface area contributed by atoms with Gasteiger partial charge in [0.15, 0.2) is 23.8 Å². The number of alkyl halides is 3. The van der Waals surface area contributed by atoms with Crippen molar-refractivity contribution in [1.82, 2.24) is 0 Å². The zero-order valence-electron chi connectivity index (χ0n) is 54.8. The smallest absolute Gasteiger partial charge is 0.434 e. The molecule has 13 saturated heterocycles. The molecule has 0 aromatic carbocycles. The van der Waals surface area contributed by atoms with E-state index < -0.39 is 98.0 Å². The Morgan fingerprint density at radius 2 is 0.820 bits per heavy atom. The largest absolute Gasteiger partial charge is 0.511 e. The van der Waals surface area contributed by atoms with Gasteiger partial charge in [-0.25, -0.2) is 62.3 Å². The van der Waals surface area contributed by atoms with Crippen molar-refractivity contribution in [1.29, 1.82) is 0 Å². The SMILES string of the molecule is C=CC1COC(=O)O1.CC(C)C1COC(=O)O1.CC1COC(=O)O1.CCC1COC(=O)O1.CCCC1COC(=O)O1.O=C1OCC(Br)O1.O=C1OCC(CCO)O1.O=C1OCC(CO)O1.O=C1OCC(Cl)O1.O=C1OCC(F)O1.O=C1OCCCCO1.O=C1OCCCO1.O=C1OCCO1. The first-order valence-corrected chi connectivity index (χ1v) is 31.5. The summed E-state index contributed by atoms with van der Waals surface area (Å²) in [5, 5.41) is 16.5. The van der Waals surface area contributed by atoms with Gasteiger partial charge in [0.25, 0.3) is 6.36 Å². The number of hydrogen-bond donors (Lipinski definition) is 2. The zero-order valence-corrected chi connectivity index (χ0v) is 57.1. The van der Waals surface area contributed by atoms with Crippen LogP contribution in [0.1, 0.15) is 79.6 Å². The van der Waals surface area contributed by atoms with Crippen molar-refractivity contribution in [3.63, 3.8) is 0 Å². The van der Waals surface area contributed by atoms with E-state index in [9.17, 15) is 66.7 Å². The van der Waals surface area contributed by atoms with Crippen molar-refractivity contribution < 1.29 is 200 Å². The molecular formula is C56H81BrClFO41. The maximum Gasteiger partial charge on any atom is 0.511 e. The van der Waals surface area contributed by atoms with Gasteiger partial charge >= 0.3 is 80.0 Å². The third kappa shape index (κ3) is 47.0. The lowest BCUT2D eigenvalue weighted by Crippen LogP contribution is -2.16. The van der Waals surface area contributed by atoms with E-state index in [0.29, 0.717) is 91.6 Å². The van der Waals surface area contributed by atoms with Gasteiger partial charge in [-0.3, -0.25) is 0 Å². The van der Waals surface area contributed by atoms with Gasteiger partial charge in [-0.1, -0.05) is 52.3 Å². The van der Waals surface area contributed by atoms with Crippen LogP contribution in [0.25, 0.3) is 0 Å². The molecule has 41 nitrogen and oxygen atoms in total. The van der Waals surface area contributed by atoms with E-state index in [-0.39, 0.29) is 81.3 Å². The van der Waals surface area contributed by atoms with Crippen molar-refractivity contribution in [2.24, 2.45) is 5.92 Å². The highest BCUT2D eigenvalue weighted by atomic mass is 79.9. The molecule has 13 rings (SSSR count). The second kappa shape index (κ2) is 53.8. The number of aliphatic hydroxyl groups excluding tert-OH is 2. The molecule has 44 heteroatoms. The first-order chi connectivity index (χ1) is 47.7. The standard InChI is InChI=1S/2C6H10O3.C5H8O4.C5H8O3.C5H6O3.C5H8O3.C4H6O4.2C4H6O3.C3H3BrO3.C3H3ClO3.C3H3FO3.C3H4O3/c1-4(2)5-3-8-6(7)9-5;1-2-3-5-4-8-6(7)9-5;6-2-1-4-3-8-5(7)9-4;2*1-2-4-3-7-5(6)8-4;6-5-7-3-1-2-4-8-5;5-1-3-2-7-4(6)8-3;1-3-2-6-4(5)7-3;5-4-6-2-1-3-7-4;3*4-2-1-6-3(5)7-2;4-3-5-1-2-6-3/h4-5H,3H2,1-2H3;5H,2-4H2,1H3;4,6H,1-3H2;4H,2-3H2,1H3;2,4H,1,3H2;1-4H2;3,5H,1-2H2;3H,2H2,1H3;1-3H2;3*2H,1H2;1-2H2. The first kappa shape index (κ1) is 88.9. The number of halogens is 3. The third-order valence-corrected chi connectivity index (χ3v) is 11.9. The van der Waals surface area contributed by atoms with Crippen molar-refractivity contribution in [3.8, 4) is 0 Å². The van der Waals surface area contributed by atoms with Gasteiger partial charge in [0.05, 0.1) is 33.0 Å². The van der Waals surface area contributed by atoms with E-state index in [0.717, 1.165) is 38.5 Å². The number of carbonyl (C=O) groups is 13. The van der Waals surface area contributed by atoms with Crippen LogP contribution in [0.4, 0.5) is 66.7 Å². The van der Waals surface area contributed by atoms with Crippen LogP contribution in [0, 0.1) is 5.92 Å². The summed E-state index contributed by atoms with van der Waals surface area (Å²) in [6, 6.07) is 0. The molecule has 2 N–H and O–H groups in total. The molecule has 0 saturated carbocycles. The molecule has 13 aliphatic heterocycles. The quantitative estimate of drug-likeness (QED) is 0.101. The predicted octanol–water partition coefficient (Wildman–Crippen LogP) is 7.77. The van der Waals surface area contributed by atoms with Gasteiger partial charge in [0.1, 0.15) is 103 Å². The lowest BCUT2D eigenvalue weighted by Gasteiger charge is -2.09. The molecule has 0 radical (unpaired) electrons. The summed E-state index contributed by atoms with van der Waals surface area (Å²) in [6.07, 6.45) is -2.94. The van der Waals surface area contributed by atoms with Crippen molar-refractivity contribution >= 4 is 108 Å². The van der Waals surface area contributed by atoms with E-state index in [4.69, 9.17) is 31.3 Å². The molecule has 572 valence electrons. The van der Waals surface area contributed by atoms with Gasteiger partial charge in [-0.05, 0) is 60.5 Å². The summed E-state index contributed by atoms with van der Waals surface area (Å²) < 4.78 is 127. The van der Waals surface area contributed by atoms with Gasteiger partial charge in [0.2, 0.25) is 5.56 Å². The third-order valence-electron chi connectivity index (χ3n) is 11.2. The first-order valence-electron chi connectivity index (χ1n) is 30.2. The van der Waals surface area contributed by atoms with Crippen LogP contribution in [-0.2, 0) is 123 Å². The Morgan fingerprint density at radius 1 is 0.430 bits per heavy atom. The van der Waals surface area contributed by atoms with Crippen LogP contribution < -0.4 is 0 Å². The average Bonchev–Trinajstić information content (AvgIpc) is 2.17. The topological polar surface area (TPSA) is 502 Å². The monoisotopic (exact) mass is 1540 g/mol. The minimum atomic E-state index is -1.55. The highest BCUT2D eigenvalue weighted by Crippen LogP contribution is 2.16. The number of rotatable bonds is 8. The lowest BCUT2D eigenvalue weighted by atomic mass is 10.1. The van der Waals surface area contributed by atoms with Crippen LogP contribution in [0.15, 0.2) is 12.7 Å². The summed E-state index contributed by atoms with van der Waals surface area (Å²) in [7, 11) is 0. The van der Waals surface area contributed by atoms with Crippen LogP contribution in [0.2, 0.25) is 0 Å². The molecule has 0 aliphatic carbocycles. The van der Waals surface area contributed by atoms with Crippen LogP contribution in [-0.4, -0.2) is 269 Å². The second-order valence-corrected chi connectivity index (χ2v) is 21.2. The number of aliphatic hydroxyl groups is 2. The Balaban J connectivity index is 0.000000542. The molecule has 13 aliphatic rings. The second-order valence-electron chi connectivity index (χ2n) is 19.7. The molecule has 10 unspecified atom stereocenters. The maximum atomic E-state index is 11.6. The average molecular weight is 1540 g/mol. The fraction of sp³-hybridized carbons (Fsp3) is 0.732. The van der Waals surface area contributed by atoms with Gasteiger partial charge in [0, 0.05) is 19.4 Å². The summed E-state index contributed by atoms with van der Waals surface area (Å²) in [5.41, 5.74) is -0.576. The van der Waals surface area contributed by atoms with Crippen molar-refractivity contribution in [2.75, 3.05) is 119 Å². The molecule has 13 heterocycles. The van der Waals surface area contributed by atoms with Gasteiger partial charge in [-0.2, -0.15) is 4.39 Å². The van der Waals surface area contributed by atoms with E-state index in [1.165, 1.54) is 6.08 Å². The van der Waals surface area contributed by atoms with E-state index >= 15 is 0 Å². The van der Waals surface area contributed by atoms with Crippen molar-refractivity contribution in [3.05, 3.63) is 12.7 Å². The number of hydrogen-bond acceptors (Lipinski definition) is 41. The molecule has 0 amide bonds. The highest BCUT2D eigenvalue weighted by Gasteiger charge is 2.30. The molecule has 0 aromatic rings. The predicted molar refractivity (Wildman–Crippen MR) is 319 cm³/mol. The zero-order chi connectivity index (χ0) is 74.6. The van der Waals surface area contributed by atoms with Crippen LogP contribution >= 0.6 is 27.5 Å². The minimum Gasteiger partial charge on any atom is -0.434 e. The Bertz CT molecular complexity index is 2300. The van der Waals surface area contributed by atoms with Crippen LogP contribution in [0.3, 0.4) is 0 Å². The minimum absolute atomic E-state index is 0.00231. The fourth-order valence-electron chi connectivity index (χ4n) is 6.23. The molecule has 13 fully saturated rings. The number of ether oxygens (including phenoxy) is 26. The number of carbonyl (C=O) groups excluding carboxylic acids is 13. The van der Waals surface area contributed by atoms with E-state index in [2.05, 4.69) is 136 Å². The van der Waals surface area contributed by atoms with Gasteiger partial charge in [-0.15, -0.1) is 0 Å². The number of cyclic esters (lactones) is 26. The summed E-state index contributed by atoms with van der Waals surface area (Å²) in [6.45, 7) is 18.6. The lowest BCUT2D eigenvalue weighted by molar-refractivity contribution is 0.0191. The van der Waals surface area contributed by atoms with Gasteiger partial charge < -0.3 is 133 Å². The Morgan fingerprint density at radius 3 is 1.04 bits per heavy atom. The molecule has 0 bridgehead atoms. The van der Waals surface area contributed by atoms with Crippen molar-refractivity contribution in [2.45, 2.75) is 139 Å². The molecule has 10 atom stereocenters.